The predicted molar refractivity (Wildman–Crippen MR) is 69.1 cm³/mol. The normalized spacial score (nSPS) is 30.9. The number of nitrogens with one attached hydrogen (secondary N) is 1. The lowest BCUT2D eigenvalue weighted by Gasteiger charge is -2.35. The second-order valence-corrected chi connectivity index (χ2v) is 5.26. The minimum absolute atomic E-state index is 0. The van der Waals surface area contributed by atoms with Crippen LogP contribution in [0.2, 0.25) is 0 Å². The first-order valence-corrected chi connectivity index (χ1v) is 6.30. The average Bonchev–Trinajstić information content (AvgIpc) is 2.27. The van der Waals surface area contributed by atoms with Gasteiger partial charge in [-0.05, 0) is 37.5 Å². The van der Waals surface area contributed by atoms with Crippen molar-refractivity contribution in [2.75, 3.05) is 13.2 Å². The first-order valence-electron chi connectivity index (χ1n) is 6.30. The minimum Gasteiger partial charge on any atom is -0.381 e. The molecule has 1 unspecified atom stereocenters. The zero-order valence-corrected chi connectivity index (χ0v) is 11.2. The molecule has 0 radical (unpaired) electrons. The van der Waals surface area contributed by atoms with Crippen molar-refractivity contribution in [3.05, 3.63) is 0 Å². The van der Waals surface area contributed by atoms with Crippen LogP contribution in [0.1, 0.15) is 32.6 Å². The lowest BCUT2D eigenvalue weighted by atomic mass is 9.81. The van der Waals surface area contributed by atoms with Gasteiger partial charge in [-0.15, -0.1) is 12.4 Å². The number of carbonyl (C=O) groups excluding carboxylic acids is 1. The molecule has 0 bridgehead atoms. The first-order chi connectivity index (χ1) is 7.66. The molecule has 5 heteroatoms. The van der Waals surface area contributed by atoms with E-state index in [1.807, 2.05) is 0 Å². The lowest BCUT2D eigenvalue weighted by Crippen LogP contribution is -2.52. The van der Waals surface area contributed by atoms with Crippen molar-refractivity contribution in [2.45, 2.75) is 44.7 Å². The molecule has 2 rings (SSSR count). The summed E-state index contributed by atoms with van der Waals surface area (Å²) in [5, 5.41) is 3.04. The number of nitrogens with two attached hydrogens (primary N) is 1. The molecule has 1 aliphatic heterocycles. The highest BCUT2D eigenvalue weighted by Gasteiger charge is 2.31. The molecule has 1 saturated carbocycles. The van der Waals surface area contributed by atoms with Crippen LogP contribution >= 0.6 is 12.4 Å². The van der Waals surface area contributed by atoms with Gasteiger partial charge in [-0.2, -0.15) is 0 Å². The quantitative estimate of drug-likeness (QED) is 0.800. The van der Waals surface area contributed by atoms with Crippen molar-refractivity contribution >= 4 is 18.3 Å². The summed E-state index contributed by atoms with van der Waals surface area (Å²) in [5.74, 6) is 1.08. The largest absolute Gasteiger partial charge is 0.381 e. The molecule has 1 heterocycles. The van der Waals surface area contributed by atoms with E-state index in [4.69, 9.17) is 10.5 Å². The number of hydrogen-bond donors (Lipinski definition) is 2. The Morgan fingerprint density at radius 3 is 2.47 bits per heavy atom. The van der Waals surface area contributed by atoms with Crippen LogP contribution < -0.4 is 11.1 Å². The highest BCUT2D eigenvalue weighted by Crippen LogP contribution is 2.26. The summed E-state index contributed by atoms with van der Waals surface area (Å²) in [7, 11) is 0. The maximum absolute atomic E-state index is 11.9. The number of rotatable bonds is 3. The number of ether oxygens (including phenoxy) is 1. The minimum atomic E-state index is -0.347. The van der Waals surface area contributed by atoms with Gasteiger partial charge in [-0.1, -0.05) is 6.92 Å². The van der Waals surface area contributed by atoms with Crippen LogP contribution in [0.4, 0.5) is 0 Å². The molecule has 4 nitrogen and oxygen atoms in total. The molecule has 0 spiro atoms. The molecule has 0 aromatic heterocycles. The SMILES string of the molecule is CC1CC(NC(=O)C(N)C2CCOCC2)C1.Cl. The van der Waals surface area contributed by atoms with Crippen LogP contribution in [0.15, 0.2) is 0 Å². The van der Waals surface area contributed by atoms with E-state index < -0.39 is 0 Å². The summed E-state index contributed by atoms with van der Waals surface area (Å²) < 4.78 is 5.27. The lowest BCUT2D eigenvalue weighted by molar-refractivity contribution is -0.125. The second-order valence-electron chi connectivity index (χ2n) is 5.26. The van der Waals surface area contributed by atoms with Gasteiger partial charge in [0.05, 0.1) is 6.04 Å². The molecule has 2 fully saturated rings. The summed E-state index contributed by atoms with van der Waals surface area (Å²) in [6, 6.07) is 0.0215. The molecule has 1 amide bonds. The van der Waals surface area contributed by atoms with Gasteiger partial charge in [-0.3, -0.25) is 4.79 Å². The van der Waals surface area contributed by atoms with Crippen LogP contribution in [-0.2, 0) is 9.53 Å². The van der Waals surface area contributed by atoms with Crippen molar-refractivity contribution in [3.63, 3.8) is 0 Å². The molecule has 2 aliphatic rings. The van der Waals surface area contributed by atoms with Gasteiger partial charge in [0.1, 0.15) is 0 Å². The zero-order chi connectivity index (χ0) is 11.5. The number of amides is 1. The standard InChI is InChI=1S/C12H22N2O2.ClH/c1-8-6-10(7-8)14-12(15)11(13)9-2-4-16-5-3-9;/h8-11H,2-7,13H2,1H3,(H,14,15);1H. The highest BCUT2D eigenvalue weighted by molar-refractivity contribution is 5.85. The fraction of sp³-hybridized carbons (Fsp3) is 0.917. The molecular formula is C12H23ClN2O2. The van der Waals surface area contributed by atoms with Gasteiger partial charge in [0.2, 0.25) is 5.91 Å². The van der Waals surface area contributed by atoms with E-state index in [1.165, 1.54) is 0 Å². The molecule has 0 aromatic carbocycles. The maximum Gasteiger partial charge on any atom is 0.237 e. The fourth-order valence-electron chi connectivity index (χ4n) is 2.61. The van der Waals surface area contributed by atoms with Crippen LogP contribution in [-0.4, -0.2) is 31.2 Å². The summed E-state index contributed by atoms with van der Waals surface area (Å²) in [4.78, 5) is 11.9. The second kappa shape index (κ2) is 6.57. The van der Waals surface area contributed by atoms with Crippen molar-refractivity contribution < 1.29 is 9.53 Å². The van der Waals surface area contributed by atoms with Crippen molar-refractivity contribution in [1.29, 1.82) is 0 Å². The number of carbonyl (C=O) groups is 1. The Hall–Kier alpha value is -0.320. The maximum atomic E-state index is 11.9. The van der Waals surface area contributed by atoms with E-state index in [1.54, 1.807) is 0 Å². The van der Waals surface area contributed by atoms with Crippen LogP contribution in [0.3, 0.4) is 0 Å². The Balaban J connectivity index is 0.00000144. The molecule has 1 saturated heterocycles. The molecule has 3 N–H and O–H groups in total. The third-order valence-electron chi connectivity index (χ3n) is 3.80. The predicted octanol–water partition coefficient (Wildman–Crippen LogP) is 1.08. The Morgan fingerprint density at radius 2 is 1.94 bits per heavy atom. The summed E-state index contributed by atoms with van der Waals surface area (Å²) in [6.07, 6.45) is 4.03. The molecule has 0 aromatic rings. The Labute approximate surface area is 109 Å². The molecule has 1 atom stereocenters. The van der Waals surface area contributed by atoms with E-state index in [2.05, 4.69) is 12.2 Å². The van der Waals surface area contributed by atoms with Crippen molar-refractivity contribution in [1.82, 2.24) is 5.32 Å². The Morgan fingerprint density at radius 1 is 1.35 bits per heavy atom. The molecule has 1 aliphatic carbocycles. The number of hydrogen-bond acceptors (Lipinski definition) is 3. The Kier molecular flexibility index (Phi) is 5.70. The number of halogens is 1. The summed E-state index contributed by atoms with van der Waals surface area (Å²) in [5.41, 5.74) is 5.99. The zero-order valence-electron chi connectivity index (χ0n) is 10.4. The van der Waals surface area contributed by atoms with Gasteiger partial charge in [-0.25, -0.2) is 0 Å². The third kappa shape index (κ3) is 3.83. The van der Waals surface area contributed by atoms with E-state index in [0.717, 1.165) is 44.8 Å². The Bertz CT molecular complexity index is 251. The fourth-order valence-corrected chi connectivity index (χ4v) is 2.61. The topological polar surface area (TPSA) is 64.4 Å². The first kappa shape index (κ1) is 14.7. The van der Waals surface area contributed by atoms with E-state index in [9.17, 15) is 4.79 Å². The van der Waals surface area contributed by atoms with Gasteiger partial charge < -0.3 is 15.8 Å². The highest BCUT2D eigenvalue weighted by atomic mass is 35.5. The van der Waals surface area contributed by atoms with Crippen LogP contribution in [0.25, 0.3) is 0 Å². The van der Waals surface area contributed by atoms with E-state index >= 15 is 0 Å². The van der Waals surface area contributed by atoms with Gasteiger partial charge in [0, 0.05) is 19.3 Å². The summed E-state index contributed by atoms with van der Waals surface area (Å²) >= 11 is 0. The monoisotopic (exact) mass is 262 g/mol. The van der Waals surface area contributed by atoms with E-state index in [0.29, 0.717) is 12.0 Å². The molecule has 17 heavy (non-hydrogen) atoms. The molecule has 100 valence electrons. The van der Waals surface area contributed by atoms with Gasteiger partial charge in [0.25, 0.3) is 0 Å². The average molecular weight is 263 g/mol. The van der Waals surface area contributed by atoms with Crippen molar-refractivity contribution in [2.24, 2.45) is 17.6 Å². The van der Waals surface area contributed by atoms with Crippen LogP contribution in [0, 0.1) is 11.8 Å². The third-order valence-corrected chi connectivity index (χ3v) is 3.80. The smallest absolute Gasteiger partial charge is 0.237 e. The van der Waals surface area contributed by atoms with Gasteiger partial charge >= 0.3 is 0 Å². The summed E-state index contributed by atoms with van der Waals surface area (Å²) in [6.45, 7) is 3.69. The van der Waals surface area contributed by atoms with Crippen LogP contribution in [0.5, 0.6) is 0 Å². The van der Waals surface area contributed by atoms with Gasteiger partial charge in [0.15, 0.2) is 0 Å². The molecular weight excluding hydrogens is 240 g/mol. The van der Waals surface area contributed by atoms with Crippen molar-refractivity contribution in [3.8, 4) is 0 Å². The van der Waals surface area contributed by atoms with E-state index in [-0.39, 0.29) is 24.4 Å².